The first-order chi connectivity index (χ1) is 24.8. The summed E-state index contributed by atoms with van der Waals surface area (Å²) < 4.78 is 4.83. The monoisotopic (exact) mass is 633 g/mol. The van der Waals surface area contributed by atoms with Gasteiger partial charge in [-0.3, -0.25) is 4.40 Å². The number of nitrogens with zero attached hydrogens (tertiary/aromatic N) is 3. The maximum Gasteiger partial charge on any atom is 0.146 e. The maximum atomic E-state index is 5.11. The van der Waals surface area contributed by atoms with Crippen molar-refractivity contribution >= 4 is 103 Å². The van der Waals surface area contributed by atoms with Crippen LogP contribution in [0.1, 0.15) is 0 Å². The standard InChI is InChI=1S/C47H27N3/c1-2-12-30-28(11-1)21-23-44-46(30)40-26-37-33-15-5-3-13-31(33)32-14-4-6-16-34(32)38(37)27-45(40)49(44)29-22-24-42-39(25-29)35-17-7-8-18-36(35)47-48-41-19-9-10-20-43(41)50(42)47/h1-27H. The number of pyridine rings is 1. The topological polar surface area (TPSA) is 22.2 Å². The van der Waals surface area contributed by atoms with Gasteiger partial charge in [-0.15, -0.1) is 0 Å². The van der Waals surface area contributed by atoms with Crippen molar-refractivity contribution in [3.05, 3.63) is 164 Å². The van der Waals surface area contributed by atoms with E-state index in [-0.39, 0.29) is 0 Å². The van der Waals surface area contributed by atoms with Gasteiger partial charge in [0.05, 0.1) is 27.6 Å². The average Bonchev–Trinajstić information content (AvgIpc) is 3.74. The molecule has 3 heterocycles. The van der Waals surface area contributed by atoms with E-state index in [4.69, 9.17) is 4.98 Å². The first kappa shape index (κ1) is 26.3. The van der Waals surface area contributed by atoms with Crippen LogP contribution in [0.2, 0.25) is 0 Å². The van der Waals surface area contributed by atoms with Gasteiger partial charge in [-0.1, -0.05) is 115 Å². The molecule has 0 bridgehead atoms. The Morgan fingerprint density at radius 2 is 0.920 bits per heavy atom. The molecular formula is C47H27N3. The lowest BCUT2D eigenvalue weighted by Crippen LogP contribution is -1.97. The zero-order valence-electron chi connectivity index (χ0n) is 26.9. The normalized spacial score (nSPS) is 12.4. The summed E-state index contributed by atoms with van der Waals surface area (Å²) in [6.07, 6.45) is 0. The van der Waals surface area contributed by atoms with Gasteiger partial charge >= 0.3 is 0 Å². The van der Waals surface area contributed by atoms with Crippen LogP contribution in [0.4, 0.5) is 0 Å². The lowest BCUT2D eigenvalue weighted by Gasteiger charge is -2.14. The fourth-order valence-corrected chi connectivity index (χ4v) is 8.90. The van der Waals surface area contributed by atoms with Crippen LogP contribution in [0.3, 0.4) is 0 Å². The fraction of sp³-hybridized carbons (Fsp3) is 0. The zero-order valence-corrected chi connectivity index (χ0v) is 26.9. The molecule has 0 unspecified atom stereocenters. The van der Waals surface area contributed by atoms with E-state index in [0.29, 0.717) is 0 Å². The molecule has 50 heavy (non-hydrogen) atoms. The largest absolute Gasteiger partial charge is 0.309 e. The van der Waals surface area contributed by atoms with E-state index in [2.05, 4.69) is 173 Å². The summed E-state index contributed by atoms with van der Waals surface area (Å²) >= 11 is 0. The second-order valence-electron chi connectivity index (χ2n) is 13.5. The van der Waals surface area contributed by atoms with E-state index < -0.39 is 0 Å². The number of rotatable bonds is 1. The van der Waals surface area contributed by atoms with E-state index in [9.17, 15) is 0 Å². The van der Waals surface area contributed by atoms with Crippen LogP contribution in [-0.4, -0.2) is 14.0 Å². The number of fused-ring (bicyclic) bond motifs is 19. The summed E-state index contributed by atoms with van der Waals surface area (Å²) in [6.45, 7) is 0. The number of aromatic nitrogens is 3. The van der Waals surface area contributed by atoms with Gasteiger partial charge in [-0.2, -0.15) is 0 Å². The molecule has 12 rings (SSSR count). The minimum Gasteiger partial charge on any atom is -0.309 e. The Morgan fingerprint density at radius 1 is 0.340 bits per heavy atom. The smallest absolute Gasteiger partial charge is 0.146 e. The van der Waals surface area contributed by atoms with Gasteiger partial charge in [0, 0.05) is 27.2 Å². The molecule has 3 aromatic heterocycles. The summed E-state index contributed by atoms with van der Waals surface area (Å²) in [7, 11) is 0. The molecule has 9 aromatic carbocycles. The van der Waals surface area contributed by atoms with Gasteiger partial charge in [-0.25, -0.2) is 4.98 Å². The Bertz CT molecular complexity index is 3440. The molecule has 0 fully saturated rings. The fourth-order valence-electron chi connectivity index (χ4n) is 8.90. The molecule has 0 amide bonds. The van der Waals surface area contributed by atoms with Crippen molar-refractivity contribution in [1.82, 2.24) is 14.0 Å². The van der Waals surface area contributed by atoms with Crippen molar-refractivity contribution in [3.63, 3.8) is 0 Å². The summed E-state index contributed by atoms with van der Waals surface area (Å²) in [4.78, 5) is 5.11. The van der Waals surface area contributed by atoms with Crippen LogP contribution in [-0.2, 0) is 0 Å². The lowest BCUT2D eigenvalue weighted by molar-refractivity contribution is 1.18. The molecule has 0 aliphatic heterocycles. The van der Waals surface area contributed by atoms with Crippen molar-refractivity contribution in [2.75, 3.05) is 0 Å². The predicted octanol–water partition coefficient (Wildman–Crippen LogP) is 12.5. The van der Waals surface area contributed by atoms with Gasteiger partial charge in [0.1, 0.15) is 5.65 Å². The van der Waals surface area contributed by atoms with Crippen LogP contribution in [0.15, 0.2) is 164 Å². The van der Waals surface area contributed by atoms with Gasteiger partial charge in [0.2, 0.25) is 0 Å². The molecule has 0 aliphatic carbocycles. The Labute approximate surface area is 285 Å². The van der Waals surface area contributed by atoms with Crippen molar-refractivity contribution in [2.45, 2.75) is 0 Å². The van der Waals surface area contributed by atoms with Crippen molar-refractivity contribution < 1.29 is 0 Å². The number of imidazole rings is 1. The number of hydrogen-bond acceptors (Lipinski definition) is 1. The summed E-state index contributed by atoms with van der Waals surface area (Å²) in [5, 5.41) is 16.4. The Morgan fingerprint density at radius 3 is 1.68 bits per heavy atom. The molecular weight excluding hydrogens is 607 g/mol. The second-order valence-corrected chi connectivity index (χ2v) is 13.5. The van der Waals surface area contributed by atoms with E-state index >= 15 is 0 Å². The van der Waals surface area contributed by atoms with Crippen LogP contribution in [0.25, 0.3) is 109 Å². The Balaban J connectivity index is 1.28. The lowest BCUT2D eigenvalue weighted by atomic mass is 9.93. The third-order valence-electron chi connectivity index (χ3n) is 11.0. The van der Waals surface area contributed by atoms with E-state index in [1.807, 2.05) is 0 Å². The molecule has 230 valence electrons. The SMILES string of the molecule is c1ccc2c(c1)ccc1c2c2cc3c4ccccc4c4ccccc4c3cc2n1-c1ccc2c(c1)c1ccccc1c1nc3ccccc3n21. The number of benzene rings is 9. The van der Waals surface area contributed by atoms with E-state index in [1.165, 1.54) is 75.7 Å². The molecule has 0 saturated heterocycles. The van der Waals surface area contributed by atoms with Gasteiger partial charge in [-0.05, 0) is 97.0 Å². The second kappa shape index (κ2) is 9.46. The number of para-hydroxylation sites is 2. The predicted molar refractivity (Wildman–Crippen MR) is 212 cm³/mol. The zero-order chi connectivity index (χ0) is 32.5. The highest BCUT2D eigenvalue weighted by molar-refractivity contribution is 6.31. The van der Waals surface area contributed by atoms with Crippen molar-refractivity contribution in [2.24, 2.45) is 0 Å². The molecule has 12 aromatic rings. The van der Waals surface area contributed by atoms with E-state index in [0.717, 1.165) is 33.3 Å². The maximum absolute atomic E-state index is 5.11. The molecule has 0 atom stereocenters. The Kier molecular flexibility index (Phi) is 4.97. The third kappa shape index (κ3) is 3.31. The summed E-state index contributed by atoms with van der Waals surface area (Å²) in [5.41, 5.74) is 7.85. The molecule has 0 spiro atoms. The molecule has 3 heteroatoms. The first-order valence-corrected chi connectivity index (χ1v) is 17.2. The molecule has 0 N–H and O–H groups in total. The quantitative estimate of drug-likeness (QED) is 0.165. The Hall–Kier alpha value is -6.71. The van der Waals surface area contributed by atoms with Crippen molar-refractivity contribution in [3.8, 4) is 5.69 Å². The molecule has 0 saturated carbocycles. The first-order valence-electron chi connectivity index (χ1n) is 17.2. The minimum absolute atomic E-state index is 0.996. The van der Waals surface area contributed by atoms with Crippen LogP contribution in [0, 0.1) is 0 Å². The highest BCUT2D eigenvalue weighted by Crippen LogP contribution is 2.43. The van der Waals surface area contributed by atoms with Gasteiger partial charge < -0.3 is 4.57 Å². The molecule has 0 radical (unpaired) electrons. The average molecular weight is 634 g/mol. The highest BCUT2D eigenvalue weighted by Gasteiger charge is 2.20. The van der Waals surface area contributed by atoms with Crippen LogP contribution >= 0.6 is 0 Å². The van der Waals surface area contributed by atoms with Gasteiger partial charge in [0.15, 0.2) is 0 Å². The van der Waals surface area contributed by atoms with Crippen LogP contribution < -0.4 is 0 Å². The molecule has 0 aliphatic rings. The van der Waals surface area contributed by atoms with Crippen molar-refractivity contribution in [1.29, 1.82) is 0 Å². The highest BCUT2D eigenvalue weighted by atomic mass is 15.0. The summed E-state index contributed by atoms with van der Waals surface area (Å²) in [6, 6.07) is 60.2. The molecule has 3 nitrogen and oxygen atoms in total. The number of hydrogen-bond donors (Lipinski definition) is 0. The van der Waals surface area contributed by atoms with E-state index in [1.54, 1.807) is 0 Å². The minimum atomic E-state index is 0.996. The van der Waals surface area contributed by atoms with Crippen LogP contribution in [0.5, 0.6) is 0 Å². The summed E-state index contributed by atoms with van der Waals surface area (Å²) in [5.74, 6) is 0. The van der Waals surface area contributed by atoms with Gasteiger partial charge in [0.25, 0.3) is 0 Å². The third-order valence-corrected chi connectivity index (χ3v) is 11.0.